The molecular weight excluding hydrogens is 457 g/mol. The maximum atomic E-state index is 4.58. The summed E-state index contributed by atoms with van der Waals surface area (Å²) >= 11 is 2.33. The van der Waals surface area contributed by atoms with Crippen LogP contribution in [-0.2, 0) is 6.42 Å². The van der Waals surface area contributed by atoms with Crippen LogP contribution in [0.3, 0.4) is 0 Å². The Kier molecular flexibility index (Phi) is 4.51. The Hall–Kier alpha value is -2.47. The maximum Gasteiger partial charge on any atom is 0.169 e. The van der Waals surface area contributed by atoms with Crippen LogP contribution >= 0.6 is 22.6 Å². The number of unbranched alkanes of at least 4 members (excludes halogenated alkanes) is 1. The third kappa shape index (κ3) is 2.87. The van der Waals surface area contributed by atoms with Crippen LogP contribution in [0.25, 0.3) is 38.7 Å². The average molecular weight is 477 g/mol. The minimum atomic E-state index is 0.892. The lowest BCUT2D eigenvalue weighted by molar-refractivity contribution is 0.796. The van der Waals surface area contributed by atoms with Gasteiger partial charge in [-0.05, 0) is 70.6 Å². The molecule has 0 saturated carbocycles. The summed E-state index contributed by atoms with van der Waals surface area (Å²) in [7, 11) is 0. The molecule has 0 spiro atoms. The Bertz CT molecular complexity index is 1300. The van der Waals surface area contributed by atoms with Gasteiger partial charge in [0.25, 0.3) is 0 Å². The largest absolute Gasteiger partial charge is 0.274 e. The molecule has 0 radical (unpaired) electrons. The first kappa shape index (κ1) is 17.6. The summed E-state index contributed by atoms with van der Waals surface area (Å²) in [5.74, 6) is 0.892. The topological polar surface area (TPSA) is 30.2 Å². The third-order valence-electron chi connectivity index (χ3n) is 5.34. The Morgan fingerprint density at radius 2 is 1.64 bits per heavy atom. The minimum absolute atomic E-state index is 0.892. The summed E-state index contributed by atoms with van der Waals surface area (Å²) in [6, 6.07) is 23.8. The van der Waals surface area contributed by atoms with Crippen molar-refractivity contribution in [3.63, 3.8) is 0 Å². The van der Waals surface area contributed by atoms with Gasteiger partial charge >= 0.3 is 0 Å². The standard InChI is InChI=1S/C24H20IN3/c1-2-3-6-16-9-14-22-21(15-16)19-7-4-5-8-20(19)24-27-26-23(28(22)24)17-10-12-18(25)13-11-17/h4-5,7-15H,2-3,6H2,1H3. The summed E-state index contributed by atoms with van der Waals surface area (Å²) in [4.78, 5) is 0. The molecule has 138 valence electrons. The summed E-state index contributed by atoms with van der Waals surface area (Å²) in [5, 5.41) is 12.8. The van der Waals surface area contributed by atoms with Crippen molar-refractivity contribution < 1.29 is 0 Å². The van der Waals surface area contributed by atoms with Gasteiger partial charge in [-0.2, -0.15) is 0 Å². The van der Waals surface area contributed by atoms with E-state index in [0.29, 0.717) is 0 Å². The highest BCUT2D eigenvalue weighted by Crippen LogP contribution is 2.32. The Morgan fingerprint density at radius 3 is 2.43 bits per heavy atom. The molecule has 2 heterocycles. The number of hydrogen-bond acceptors (Lipinski definition) is 2. The molecule has 0 aliphatic rings. The predicted molar refractivity (Wildman–Crippen MR) is 125 cm³/mol. The fourth-order valence-electron chi connectivity index (χ4n) is 3.92. The highest BCUT2D eigenvalue weighted by Gasteiger charge is 2.15. The fourth-order valence-corrected chi connectivity index (χ4v) is 4.28. The molecule has 0 bridgehead atoms. The zero-order chi connectivity index (χ0) is 19.1. The second-order valence-corrected chi connectivity index (χ2v) is 8.44. The minimum Gasteiger partial charge on any atom is -0.274 e. The predicted octanol–water partition coefficient (Wildman–Crippen LogP) is 6.65. The molecule has 0 aliphatic carbocycles. The van der Waals surface area contributed by atoms with Gasteiger partial charge in [-0.1, -0.05) is 55.8 Å². The van der Waals surface area contributed by atoms with Crippen LogP contribution in [0.4, 0.5) is 0 Å². The van der Waals surface area contributed by atoms with Crippen molar-refractivity contribution in [3.05, 3.63) is 75.9 Å². The molecule has 4 heteroatoms. The lowest BCUT2D eigenvalue weighted by atomic mass is 10.0. The van der Waals surface area contributed by atoms with E-state index >= 15 is 0 Å². The van der Waals surface area contributed by atoms with E-state index < -0.39 is 0 Å². The number of rotatable bonds is 4. The van der Waals surface area contributed by atoms with Crippen molar-refractivity contribution in [1.29, 1.82) is 0 Å². The molecule has 3 aromatic carbocycles. The Balaban J connectivity index is 1.87. The number of aryl methyl sites for hydroxylation is 1. The second kappa shape index (κ2) is 7.17. The molecule has 3 nitrogen and oxygen atoms in total. The van der Waals surface area contributed by atoms with E-state index in [4.69, 9.17) is 0 Å². The average Bonchev–Trinajstić information content (AvgIpc) is 3.18. The van der Waals surface area contributed by atoms with Gasteiger partial charge in [0.15, 0.2) is 11.5 Å². The number of nitrogens with zero attached hydrogens (tertiary/aromatic N) is 3. The van der Waals surface area contributed by atoms with Crippen molar-refractivity contribution in [2.75, 3.05) is 0 Å². The molecule has 0 atom stereocenters. The van der Waals surface area contributed by atoms with Crippen LogP contribution in [0.2, 0.25) is 0 Å². The van der Waals surface area contributed by atoms with Gasteiger partial charge in [-0.3, -0.25) is 4.40 Å². The van der Waals surface area contributed by atoms with Crippen LogP contribution < -0.4 is 0 Å². The summed E-state index contributed by atoms with van der Waals surface area (Å²) in [5.41, 5.74) is 4.55. The molecule has 0 unspecified atom stereocenters. The Labute approximate surface area is 177 Å². The quantitative estimate of drug-likeness (QED) is 0.214. The highest BCUT2D eigenvalue weighted by atomic mass is 127. The van der Waals surface area contributed by atoms with Gasteiger partial charge in [0.05, 0.1) is 5.52 Å². The Morgan fingerprint density at radius 1 is 0.857 bits per heavy atom. The smallest absolute Gasteiger partial charge is 0.169 e. The van der Waals surface area contributed by atoms with Gasteiger partial charge in [-0.25, -0.2) is 0 Å². The van der Waals surface area contributed by atoms with E-state index in [0.717, 1.165) is 34.4 Å². The van der Waals surface area contributed by atoms with E-state index in [9.17, 15) is 0 Å². The molecule has 0 saturated heterocycles. The first-order valence-electron chi connectivity index (χ1n) is 9.70. The lowest BCUT2D eigenvalue weighted by Crippen LogP contribution is -1.95. The van der Waals surface area contributed by atoms with Gasteiger partial charge in [-0.15, -0.1) is 10.2 Å². The summed E-state index contributed by atoms with van der Waals surface area (Å²) < 4.78 is 3.43. The van der Waals surface area contributed by atoms with Crippen LogP contribution in [0.15, 0.2) is 66.7 Å². The normalized spacial score (nSPS) is 11.6. The van der Waals surface area contributed by atoms with E-state index in [2.05, 4.69) is 111 Å². The molecule has 5 rings (SSSR count). The van der Waals surface area contributed by atoms with Crippen molar-refractivity contribution >= 4 is 49.9 Å². The van der Waals surface area contributed by atoms with E-state index in [1.807, 2.05) is 0 Å². The molecule has 0 aliphatic heterocycles. The molecule has 0 amide bonds. The van der Waals surface area contributed by atoms with Gasteiger partial charge in [0.2, 0.25) is 0 Å². The fraction of sp³-hybridized carbons (Fsp3) is 0.167. The number of fused-ring (bicyclic) bond motifs is 6. The summed E-state index contributed by atoms with van der Waals surface area (Å²) in [6.07, 6.45) is 3.54. The molecule has 5 aromatic rings. The van der Waals surface area contributed by atoms with Crippen molar-refractivity contribution in [2.45, 2.75) is 26.2 Å². The lowest BCUT2D eigenvalue weighted by Gasteiger charge is -2.11. The van der Waals surface area contributed by atoms with Crippen molar-refractivity contribution in [1.82, 2.24) is 14.6 Å². The first-order chi connectivity index (χ1) is 13.8. The van der Waals surface area contributed by atoms with Crippen LogP contribution in [0, 0.1) is 3.57 Å². The van der Waals surface area contributed by atoms with Crippen LogP contribution in [-0.4, -0.2) is 14.6 Å². The molecule has 0 N–H and O–H groups in total. The zero-order valence-electron chi connectivity index (χ0n) is 15.7. The third-order valence-corrected chi connectivity index (χ3v) is 6.06. The monoisotopic (exact) mass is 477 g/mol. The highest BCUT2D eigenvalue weighted by molar-refractivity contribution is 14.1. The number of halogens is 1. The second-order valence-electron chi connectivity index (χ2n) is 7.19. The number of benzene rings is 3. The maximum absolute atomic E-state index is 4.58. The van der Waals surface area contributed by atoms with E-state index in [1.54, 1.807) is 0 Å². The number of hydrogen-bond donors (Lipinski definition) is 0. The molecule has 0 fully saturated rings. The molecule has 2 aromatic heterocycles. The molecule has 28 heavy (non-hydrogen) atoms. The van der Waals surface area contributed by atoms with Crippen molar-refractivity contribution in [2.24, 2.45) is 0 Å². The summed E-state index contributed by atoms with van der Waals surface area (Å²) in [6.45, 7) is 2.24. The van der Waals surface area contributed by atoms with Crippen molar-refractivity contribution in [3.8, 4) is 11.4 Å². The van der Waals surface area contributed by atoms with Gasteiger partial charge in [0.1, 0.15) is 0 Å². The first-order valence-corrected chi connectivity index (χ1v) is 10.8. The van der Waals surface area contributed by atoms with Gasteiger partial charge < -0.3 is 0 Å². The van der Waals surface area contributed by atoms with E-state index in [1.165, 1.54) is 32.7 Å². The molecular formula is C24H20IN3. The SMILES string of the molecule is CCCCc1ccc2c(c1)c1ccccc1c1nnc(-c3ccc(I)cc3)n21. The van der Waals surface area contributed by atoms with Crippen LogP contribution in [0.5, 0.6) is 0 Å². The zero-order valence-corrected chi connectivity index (χ0v) is 17.8. The number of aromatic nitrogens is 3. The number of pyridine rings is 1. The van der Waals surface area contributed by atoms with Gasteiger partial charge in [0, 0.05) is 19.9 Å². The van der Waals surface area contributed by atoms with Crippen LogP contribution in [0.1, 0.15) is 25.3 Å². The van der Waals surface area contributed by atoms with E-state index in [-0.39, 0.29) is 0 Å².